The van der Waals surface area contributed by atoms with Gasteiger partial charge in [-0.3, -0.25) is 4.98 Å². The molecule has 2 rings (SSSR count). The lowest BCUT2D eigenvalue weighted by molar-refractivity contribution is 0.171. The minimum Gasteiger partial charge on any atom is -0.387 e. The number of hydrogen-bond donors (Lipinski definition) is 2. The van der Waals surface area contributed by atoms with E-state index >= 15 is 0 Å². The summed E-state index contributed by atoms with van der Waals surface area (Å²) >= 11 is 0. The van der Waals surface area contributed by atoms with Gasteiger partial charge in [-0.25, -0.2) is 0 Å². The summed E-state index contributed by atoms with van der Waals surface area (Å²) in [6.07, 6.45) is 3.12. The molecule has 0 radical (unpaired) electrons. The topological polar surface area (TPSA) is 45.1 Å². The Morgan fingerprint density at radius 3 is 2.50 bits per heavy atom. The fourth-order valence-electron chi connectivity index (χ4n) is 1.83. The van der Waals surface area contributed by atoms with Crippen molar-refractivity contribution in [2.75, 3.05) is 6.54 Å². The number of hydrogen-bond acceptors (Lipinski definition) is 3. The SMILES string of the molecule is CC(NCC(O)c1ccccc1)c1cccnc1. The highest BCUT2D eigenvalue weighted by Gasteiger charge is 2.09. The standard InChI is InChI=1S/C15H18N2O/c1-12(14-8-5-9-16-10-14)17-11-15(18)13-6-3-2-4-7-13/h2-10,12,15,17-18H,11H2,1H3. The molecule has 94 valence electrons. The third-order valence-electron chi connectivity index (χ3n) is 2.99. The van der Waals surface area contributed by atoms with E-state index in [2.05, 4.69) is 17.2 Å². The average Bonchev–Trinajstić information content (AvgIpc) is 2.46. The first-order valence-electron chi connectivity index (χ1n) is 6.13. The van der Waals surface area contributed by atoms with Crippen molar-refractivity contribution in [2.24, 2.45) is 0 Å². The van der Waals surface area contributed by atoms with Crippen LogP contribution in [0.2, 0.25) is 0 Å². The molecule has 3 heteroatoms. The summed E-state index contributed by atoms with van der Waals surface area (Å²) in [5.74, 6) is 0. The number of aromatic nitrogens is 1. The van der Waals surface area contributed by atoms with Crippen molar-refractivity contribution < 1.29 is 5.11 Å². The van der Waals surface area contributed by atoms with E-state index in [9.17, 15) is 5.11 Å². The quantitative estimate of drug-likeness (QED) is 0.846. The molecule has 3 nitrogen and oxygen atoms in total. The van der Waals surface area contributed by atoms with Gasteiger partial charge in [0.1, 0.15) is 0 Å². The molecule has 2 aromatic rings. The Bertz CT molecular complexity index is 413. The Labute approximate surface area is 108 Å². The molecule has 0 saturated heterocycles. The van der Waals surface area contributed by atoms with Crippen molar-refractivity contribution in [1.82, 2.24) is 10.3 Å². The van der Waals surface area contributed by atoms with Crippen LogP contribution in [0.3, 0.4) is 0 Å². The van der Waals surface area contributed by atoms with Crippen LogP contribution < -0.4 is 5.32 Å². The summed E-state index contributed by atoms with van der Waals surface area (Å²) < 4.78 is 0. The molecule has 0 bridgehead atoms. The van der Waals surface area contributed by atoms with Crippen LogP contribution >= 0.6 is 0 Å². The van der Waals surface area contributed by atoms with E-state index in [0.717, 1.165) is 11.1 Å². The molecule has 2 atom stereocenters. The van der Waals surface area contributed by atoms with Gasteiger partial charge < -0.3 is 10.4 Å². The molecule has 0 aliphatic rings. The second-order valence-electron chi connectivity index (χ2n) is 4.34. The van der Waals surface area contributed by atoms with E-state index in [-0.39, 0.29) is 6.04 Å². The zero-order chi connectivity index (χ0) is 12.8. The van der Waals surface area contributed by atoms with Crippen LogP contribution in [-0.4, -0.2) is 16.6 Å². The fourth-order valence-corrected chi connectivity index (χ4v) is 1.83. The van der Waals surface area contributed by atoms with Gasteiger partial charge in [-0.15, -0.1) is 0 Å². The first-order valence-corrected chi connectivity index (χ1v) is 6.13. The van der Waals surface area contributed by atoms with Crippen LogP contribution in [0.25, 0.3) is 0 Å². The van der Waals surface area contributed by atoms with Gasteiger partial charge in [0, 0.05) is 25.0 Å². The Morgan fingerprint density at radius 1 is 1.11 bits per heavy atom. The summed E-state index contributed by atoms with van der Waals surface area (Å²) in [7, 11) is 0. The third kappa shape index (κ3) is 3.39. The molecule has 2 unspecified atom stereocenters. The molecule has 0 aliphatic carbocycles. The number of aliphatic hydroxyl groups is 1. The lowest BCUT2D eigenvalue weighted by Gasteiger charge is -2.17. The van der Waals surface area contributed by atoms with Gasteiger partial charge in [0.25, 0.3) is 0 Å². The maximum atomic E-state index is 10.0. The van der Waals surface area contributed by atoms with Crippen LogP contribution in [0, 0.1) is 0 Å². The van der Waals surface area contributed by atoms with E-state index in [4.69, 9.17) is 0 Å². The third-order valence-corrected chi connectivity index (χ3v) is 2.99. The smallest absolute Gasteiger partial charge is 0.0914 e. The van der Waals surface area contributed by atoms with Crippen molar-refractivity contribution in [2.45, 2.75) is 19.1 Å². The number of rotatable bonds is 5. The molecule has 0 amide bonds. The molecule has 0 aliphatic heterocycles. The summed E-state index contributed by atoms with van der Waals surface area (Å²) in [6, 6.07) is 13.8. The van der Waals surface area contributed by atoms with Crippen molar-refractivity contribution >= 4 is 0 Å². The van der Waals surface area contributed by atoms with Crippen molar-refractivity contribution in [3.8, 4) is 0 Å². The van der Waals surface area contributed by atoms with Crippen LogP contribution in [0.15, 0.2) is 54.9 Å². The summed E-state index contributed by atoms with van der Waals surface area (Å²) in [6.45, 7) is 2.59. The van der Waals surface area contributed by atoms with E-state index in [1.807, 2.05) is 48.7 Å². The first-order chi connectivity index (χ1) is 8.77. The predicted molar refractivity (Wildman–Crippen MR) is 72.1 cm³/mol. The lowest BCUT2D eigenvalue weighted by atomic mass is 10.1. The maximum absolute atomic E-state index is 10.0. The number of aliphatic hydroxyl groups excluding tert-OH is 1. The molecule has 0 saturated carbocycles. The van der Waals surface area contributed by atoms with Crippen LogP contribution in [0.1, 0.15) is 30.2 Å². The zero-order valence-electron chi connectivity index (χ0n) is 10.5. The molecule has 1 aromatic heterocycles. The van der Waals surface area contributed by atoms with Crippen LogP contribution in [0.4, 0.5) is 0 Å². The van der Waals surface area contributed by atoms with Gasteiger partial charge in [-0.05, 0) is 24.1 Å². The normalized spacial score (nSPS) is 14.1. The van der Waals surface area contributed by atoms with Gasteiger partial charge in [0.2, 0.25) is 0 Å². The number of nitrogens with one attached hydrogen (secondary N) is 1. The molecular formula is C15H18N2O. The Kier molecular flexibility index (Phi) is 4.45. The molecule has 0 fully saturated rings. The Hall–Kier alpha value is -1.71. The molecule has 1 heterocycles. The Balaban J connectivity index is 1.89. The van der Waals surface area contributed by atoms with Gasteiger partial charge in [-0.2, -0.15) is 0 Å². The monoisotopic (exact) mass is 242 g/mol. The number of pyridine rings is 1. The molecule has 2 N–H and O–H groups in total. The number of benzene rings is 1. The molecular weight excluding hydrogens is 224 g/mol. The summed E-state index contributed by atoms with van der Waals surface area (Å²) in [5.41, 5.74) is 2.06. The predicted octanol–water partition coefficient (Wildman–Crippen LogP) is 2.47. The summed E-state index contributed by atoms with van der Waals surface area (Å²) in [4.78, 5) is 4.09. The number of nitrogens with zero attached hydrogens (tertiary/aromatic N) is 1. The van der Waals surface area contributed by atoms with E-state index < -0.39 is 6.10 Å². The summed E-state index contributed by atoms with van der Waals surface area (Å²) in [5, 5.41) is 13.3. The highest BCUT2D eigenvalue weighted by molar-refractivity contribution is 5.18. The Morgan fingerprint density at radius 2 is 1.83 bits per heavy atom. The molecule has 0 spiro atoms. The largest absolute Gasteiger partial charge is 0.387 e. The fraction of sp³-hybridized carbons (Fsp3) is 0.267. The van der Waals surface area contributed by atoms with Crippen LogP contribution in [0.5, 0.6) is 0 Å². The van der Waals surface area contributed by atoms with Crippen molar-refractivity contribution in [3.05, 3.63) is 66.0 Å². The van der Waals surface area contributed by atoms with Gasteiger partial charge in [0.05, 0.1) is 6.10 Å². The van der Waals surface area contributed by atoms with E-state index in [0.29, 0.717) is 6.54 Å². The average molecular weight is 242 g/mol. The van der Waals surface area contributed by atoms with E-state index in [1.165, 1.54) is 0 Å². The maximum Gasteiger partial charge on any atom is 0.0914 e. The molecule has 18 heavy (non-hydrogen) atoms. The first kappa shape index (κ1) is 12.7. The van der Waals surface area contributed by atoms with E-state index in [1.54, 1.807) is 6.20 Å². The van der Waals surface area contributed by atoms with Crippen molar-refractivity contribution in [1.29, 1.82) is 0 Å². The van der Waals surface area contributed by atoms with Gasteiger partial charge in [0.15, 0.2) is 0 Å². The van der Waals surface area contributed by atoms with Crippen LogP contribution in [-0.2, 0) is 0 Å². The second kappa shape index (κ2) is 6.28. The van der Waals surface area contributed by atoms with Gasteiger partial charge >= 0.3 is 0 Å². The minimum atomic E-state index is -0.481. The van der Waals surface area contributed by atoms with Gasteiger partial charge in [-0.1, -0.05) is 36.4 Å². The van der Waals surface area contributed by atoms with Crippen molar-refractivity contribution in [3.63, 3.8) is 0 Å². The lowest BCUT2D eigenvalue weighted by Crippen LogP contribution is -2.24. The molecule has 1 aromatic carbocycles. The highest BCUT2D eigenvalue weighted by Crippen LogP contribution is 2.14. The zero-order valence-corrected chi connectivity index (χ0v) is 10.5. The minimum absolute atomic E-state index is 0.178. The highest BCUT2D eigenvalue weighted by atomic mass is 16.3. The second-order valence-corrected chi connectivity index (χ2v) is 4.34.